The normalized spacial score (nSPS) is 14.1. The number of carbonyl (C=O) groups is 2. The van der Waals surface area contributed by atoms with E-state index in [-0.39, 0.29) is 28.6 Å². The molecule has 1 aliphatic heterocycles. The van der Waals surface area contributed by atoms with Crippen molar-refractivity contribution in [3.05, 3.63) is 111 Å². The summed E-state index contributed by atoms with van der Waals surface area (Å²) >= 11 is 0. The second-order valence-corrected chi connectivity index (χ2v) is 6.43. The zero-order chi connectivity index (χ0) is 21.8. The number of benzene rings is 3. The standard InChI is InChI=1S/C23H14N2O6/c26-22(16-10-12-18(13-11-16)25(28)29)30-20-9-5-4-8-17(20)14-19-23(27)31-21(24-19)15-6-2-1-3-7-15/h1-14H. The fourth-order valence-electron chi connectivity index (χ4n) is 2.83. The summed E-state index contributed by atoms with van der Waals surface area (Å²) in [5, 5.41) is 10.8. The van der Waals surface area contributed by atoms with Crippen LogP contribution in [-0.2, 0) is 9.53 Å². The monoisotopic (exact) mass is 414 g/mol. The van der Waals surface area contributed by atoms with Gasteiger partial charge in [0.1, 0.15) is 5.75 Å². The summed E-state index contributed by atoms with van der Waals surface area (Å²) in [4.78, 5) is 39.1. The Morgan fingerprint density at radius 2 is 1.65 bits per heavy atom. The molecule has 3 aromatic rings. The van der Waals surface area contributed by atoms with Crippen molar-refractivity contribution in [3.8, 4) is 5.75 Å². The Kier molecular flexibility index (Phi) is 5.35. The van der Waals surface area contributed by atoms with E-state index in [1.165, 1.54) is 30.3 Å². The molecule has 31 heavy (non-hydrogen) atoms. The van der Waals surface area contributed by atoms with Crippen molar-refractivity contribution >= 4 is 29.6 Å². The van der Waals surface area contributed by atoms with E-state index >= 15 is 0 Å². The molecule has 8 heteroatoms. The predicted octanol–water partition coefficient (Wildman–Crippen LogP) is 4.16. The fraction of sp³-hybridized carbons (Fsp3) is 0. The van der Waals surface area contributed by atoms with Crippen LogP contribution in [0.15, 0.2) is 89.6 Å². The van der Waals surface area contributed by atoms with Crippen molar-refractivity contribution < 1.29 is 24.0 Å². The average Bonchev–Trinajstić information content (AvgIpc) is 3.16. The number of nitrogens with zero attached hydrogens (tertiary/aromatic N) is 2. The van der Waals surface area contributed by atoms with Crippen LogP contribution < -0.4 is 4.74 Å². The molecule has 0 unspecified atom stereocenters. The molecule has 0 saturated heterocycles. The number of aliphatic imine (C=N–C) groups is 1. The van der Waals surface area contributed by atoms with Crippen LogP contribution in [0, 0.1) is 10.1 Å². The van der Waals surface area contributed by atoms with Gasteiger partial charge >= 0.3 is 11.9 Å². The van der Waals surface area contributed by atoms with Gasteiger partial charge in [-0.2, -0.15) is 0 Å². The number of esters is 2. The largest absolute Gasteiger partial charge is 0.422 e. The number of cyclic esters (lactones) is 1. The van der Waals surface area contributed by atoms with E-state index in [1.807, 2.05) is 6.07 Å². The number of hydrogen-bond donors (Lipinski definition) is 0. The van der Waals surface area contributed by atoms with Gasteiger partial charge in [0, 0.05) is 23.3 Å². The average molecular weight is 414 g/mol. The van der Waals surface area contributed by atoms with Crippen LogP contribution in [0.2, 0.25) is 0 Å². The maximum Gasteiger partial charge on any atom is 0.363 e. The van der Waals surface area contributed by atoms with Crippen LogP contribution >= 0.6 is 0 Å². The van der Waals surface area contributed by atoms with Crippen LogP contribution in [0.4, 0.5) is 5.69 Å². The highest BCUT2D eigenvalue weighted by atomic mass is 16.6. The van der Waals surface area contributed by atoms with Gasteiger partial charge in [0.25, 0.3) is 5.69 Å². The van der Waals surface area contributed by atoms with E-state index in [1.54, 1.807) is 48.5 Å². The summed E-state index contributed by atoms with van der Waals surface area (Å²) in [6.45, 7) is 0. The minimum Gasteiger partial charge on any atom is -0.422 e. The van der Waals surface area contributed by atoms with Gasteiger partial charge < -0.3 is 9.47 Å². The third-order valence-electron chi connectivity index (χ3n) is 4.37. The van der Waals surface area contributed by atoms with Crippen molar-refractivity contribution in [2.75, 3.05) is 0 Å². The van der Waals surface area contributed by atoms with E-state index < -0.39 is 16.9 Å². The predicted molar refractivity (Wildman–Crippen MR) is 112 cm³/mol. The third-order valence-corrected chi connectivity index (χ3v) is 4.37. The summed E-state index contributed by atoms with van der Waals surface area (Å²) in [5.74, 6) is -0.912. The second kappa shape index (κ2) is 8.42. The van der Waals surface area contributed by atoms with Gasteiger partial charge in [0.2, 0.25) is 5.90 Å². The molecule has 0 aliphatic carbocycles. The zero-order valence-electron chi connectivity index (χ0n) is 15.9. The number of nitro groups is 1. The summed E-state index contributed by atoms with van der Waals surface area (Å²) in [7, 11) is 0. The maximum absolute atomic E-state index is 12.5. The Labute approximate surface area is 176 Å². The quantitative estimate of drug-likeness (QED) is 0.204. The van der Waals surface area contributed by atoms with E-state index in [4.69, 9.17) is 9.47 Å². The van der Waals surface area contributed by atoms with Gasteiger partial charge in [0.15, 0.2) is 5.70 Å². The second-order valence-electron chi connectivity index (χ2n) is 6.43. The summed E-state index contributed by atoms with van der Waals surface area (Å²) in [6, 6.07) is 20.7. The SMILES string of the molecule is O=C1OC(c2ccccc2)=NC1=Cc1ccccc1OC(=O)c1ccc([N+](=O)[O-])cc1. The maximum atomic E-state index is 12.5. The highest BCUT2D eigenvalue weighted by Gasteiger charge is 2.24. The Morgan fingerprint density at radius 3 is 2.35 bits per heavy atom. The lowest BCUT2D eigenvalue weighted by Crippen LogP contribution is -2.09. The minimum atomic E-state index is -0.691. The van der Waals surface area contributed by atoms with Crippen molar-refractivity contribution in [3.63, 3.8) is 0 Å². The molecule has 1 aliphatic rings. The van der Waals surface area contributed by atoms with Crippen molar-refractivity contribution in [1.82, 2.24) is 0 Å². The first-order valence-corrected chi connectivity index (χ1v) is 9.15. The molecular formula is C23H14N2O6. The van der Waals surface area contributed by atoms with Crippen molar-refractivity contribution in [2.45, 2.75) is 0 Å². The lowest BCUT2D eigenvalue weighted by atomic mass is 10.1. The van der Waals surface area contributed by atoms with Gasteiger partial charge in [-0.15, -0.1) is 0 Å². The highest BCUT2D eigenvalue weighted by molar-refractivity contribution is 6.13. The number of nitro benzene ring substituents is 1. The molecule has 0 atom stereocenters. The molecule has 8 nitrogen and oxygen atoms in total. The van der Waals surface area contributed by atoms with Crippen LogP contribution in [0.3, 0.4) is 0 Å². The summed E-state index contributed by atoms with van der Waals surface area (Å²) in [5.41, 5.74) is 1.20. The first-order valence-electron chi connectivity index (χ1n) is 9.15. The van der Waals surface area contributed by atoms with Gasteiger partial charge in [-0.1, -0.05) is 36.4 Å². The molecule has 152 valence electrons. The number of non-ortho nitro benzene ring substituents is 1. The molecule has 0 fully saturated rings. The molecule has 0 amide bonds. The number of hydrogen-bond acceptors (Lipinski definition) is 7. The molecule has 0 N–H and O–H groups in total. The number of carbonyl (C=O) groups excluding carboxylic acids is 2. The van der Waals surface area contributed by atoms with E-state index in [0.717, 1.165) is 0 Å². The zero-order valence-corrected chi connectivity index (χ0v) is 15.9. The first kappa shape index (κ1) is 19.7. The first-order chi connectivity index (χ1) is 15.0. The van der Waals surface area contributed by atoms with Gasteiger partial charge in [0.05, 0.1) is 10.5 Å². The van der Waals surface area contributed by atoms with Crippen molar-refractivity contribution in [2.24, 2.45) is 4.99 Å². The summed E-state index contributed by atoms with van der Waals surface area (Å²) < 4.78 is 10.7. The lowest BCUT2D eigenvalue weighted by molar-refractivity contribution is -0.384. The van der Waals surface area contributed by atoms with Gasteiger partial charge in [-0.05, 0) is 36.4 Å². The Balaban J connectivity index is 1.59. The molecule has 0 aromatic heterocycles. The van der Waals surface area contributed by atoms with Crippen molar-refractivity contribution in [1.29, 1.82) is 0 Å². The van der Waals surface area contributed by atoms with E-state index in [9.17, 15) is 19.7 Å². The molecular weight excluding hydrogens is 400 g/mol. The van der Waals surface area contributed by atoms with Crippen LogP contribution in [0.25, 0.3) is 6.08 Å². The molecule has 0 bridgehead atoms. The Bertz CT molecular complexity index is 1230. The van der Waals surface area contributed by atoms with Crippen LogP contribution in [0.1, 0.15) is 21.5 Å². The molecule has 0 saturated carbocycles. The van der Waals surface area contributed by atoms with Gasteiger partial charge in [-0.25, -0.2) is 14.6 Å². The molecule has 0 radical (unpaired) electrons. The fourth-order valence-corrected chi connectivity index (χ4v) is 2.83. The number of rotatable bonds is 5. The molecule has 3 aromatic carbocycles. The number of ether oxygens (including phenoxy) is 2. The Morgan fingerprint density at radius 1 is 0.968 bits per heavy atom. The topological polar surface area (TPSA) is 108 Å². The smallest absolute Gasteiger partial charge is 0.363 e. The van der Waals surface area contributed by atoms with E-state index in [2.05, 4.69) is 4.99 Å². The van der Waals surface area contributed by atoms with Gasteiger partial charge in [-0.3, -0.25) is 10.1 Å². The number of para-hydroxylation sites is 1. The molecule has 1 heterocycles. The highest BCUT2D eigenvalue weighted by Crippen LogP contribution is 2.25. The van der Waals surface area contributed by atoms with E-state index in [0.29, 0.717) is 11.1 Å². The lowest BCUT2D eigenvalue weighted by Gasteiger charge is -2.07. The molecule has 4 rings (SSSR count). The van der Waals surface area contributed by atoms with Crippen LogP contribution in [0.5, 0.6) is 5.75 Å². The minimum absolute atomic E-state index is 0.0673. The Hall–Kier alpha value is -4.59. The molecule has 0 spiro atoms. The van der Waals surface area contributed by atoms with Crippen LogP contribution in [-0.4, -0.2) is 22.8 Å². The summed E-state index contributed by atoms with van der Waals surface area (Å²) in [6.07, 6.45) is 1.47. The third kappa shape index (κ3) is 4.38.